The number of hydrogen-bond acceptors (Lipinski definition) is 3. The first-order valence-electron chi connectivity index (χ1n) is 9.63. The minimum atomic E-state index is -1.46. The minimum absolute atomic E-state index is 0.668. The first-order chi connectivity index (χ1) is 10.8. The highest BCUT2D eigenvalue weighted by Gasteiger charge is 2.42. The third-order valence-electron chi connectivity index (χ3n) is 4.85. The van der Waals surface area contributed by atoms with Gasteiger partial charge in [-0.3, -0.25) is 4.90 Å². The zero-order valence-corrected chi connectivity index (χ0v) is 17.4. The number of hydrogen-bond donors (Lipinski definition) is 0. The highest BCUT2D eigenvalue weighted by Crippen LogP contribution is 2.36. The van der Waals surface area contributed by atoms with Gasteiger partial charge < -0.3 is 4.57 Å². The van der Waals surface area contributed by atoms with E-state index in [1.54, 1.807) is 0 Å². The lowest BCUT2D eigenvalue weighted by Crippen LogP contribution is -2.61. The molecule has 0 atom stereocenters. The predicted octanol–water partition coefficient (Wildman–Crippen LogP) is 4.78. The van der Waals surface area contributed by atoms with Gasteiger partial charge in [-0.05, 0) is 48.9 Å². The molecule has 0 saturated carbocycles. The predicted molar refractivity (Wildman–Crippen MR) is 103 cm³/mol. The second-order valence-electron chi connectivity index (χ2n) is 8.80. The topological polar surface area (TPSA) is 30.3 Å². The zero-order chi connectivity index (χ0) is 17.5. The molecule has 0 aromatic carbocycles. The molecule has 0 radical (unpaired) electrons. The summed E-state index contributed by atoms with van der Waals surface area (Å²) in [4.78, 5) is 2.52. The summed E-state index contributed by atoms with van der Waals surface area (Å²) in [5.41, 5.74) is 0. The molecule has 1 aliphatic rings. The van der Waals surface area contributed by atoms with Crippen LogP contribution in [0.2, 0.25) is 18.1 Å². The molecule has 0 amide bonds. The Bertz CT molecular complexity index is 347. The molecule has 0 aromatic heterocycles. The van der Waals surface area contributed by atoms with Gasteiger partial charge in [0.1, 0.15) is 8.24 Å². The van der Waals surface area contributed by atoms with Crippen molar-refractivity contribution in [3.63, 3.8) is 0 Å². The molecular weight excluding hydrogens is 298 g/mol. The van der Waals surface area contributed by atoms with Gasteiger partial charge in [0.05, 0.1) is 6.07 Å². The Labute approximate surface area is 146 Å². The largest absolute Gasteiger partial charge is 0.311 e. The lowest BCUT2D eigenvalue weighted by Gasteiger charge is -2.50. The summed E-state index contributed by atoms with van der Waals surface area (Å²) in [6, 6.07) is 6.59. The maximum absolute atomic E-state index is 8.90. The van der Waals surface area contributed by atoms with Crippen molar-refractivity contribution in [2.75, 3.05) is 26.3 Å². The number of rotatable bonds is 9. The second-order valence-corrected chi connectivity index (χ2v) is 13.1. The maximum Gasteiger partial charge on any atom is 0.130 e. The van der Waals surface area contributed by atoms with Crippen molar-refractivity contribution in [3.05, 3.63) is 0 Å². The van der Waals surface area contributed by atoms with E-state index in [9.17, 15) is 0 Å². The molecule has 0 aliphatic carbocycles. The van der Waals surface area contributed by atoms with E-state index in [4.69, 9.17) is 5.26 Å². The fourth-order valence-corrected chi connectivity index (χ4v) is 11.5. The molecular formula is C19H39N3Si. The summed E-state index contributed by atoms with van der Waals surface area (Å²) in [5.74, 6) is 2.36. The summed E-state index contributed by atoms with van der Waals surface area (Å²) in [6.45, 7) is 18.9. The van der Waals surface area contributed by atoms with Crippen molar-refractivity contribution >= 4 is 8.24 Å². The monoisotopic (exact) mass is 337 g/mol. The van der Waals surface area contributed by atoms with Gasteiger partial charge in [0, 0.05) is 26.2 Å². The van der Waals surface area contributed by atoms with E-state index < -0.39 is 8.24 Å². The molecule has 1 aliphatic heterocycles. The molecule has 1 fully saturated rings. The van der Waals surface area contributed by atoms with Gasteiger partial charge in [-0.2, -0.15) is 5.26 Å². The van der Waals surface area contributed by atoms with E-state index >= 15 is 0 Å². The van der Waals surface area contributed by atoms with Gasteiger partial charge in [0.15, 0.2) is 0 Å². The van der Waals surface area contributed by atoms with Gasteiger partial charge in [-0.15, -0.1) is 0 Å². The van der Waals surface area contributed by atoms with Crippen LogP contribution in [0.3, 0.4) is 0 Å². The maximum atomic E-state index is 8.90. The quantitative estimate of drug-likeness (QED) is 0.567. The van der Waals surface area contributed by atoms with Gasteiger partial charge in [-0.25, -0.2) is 0 Å². The van der Waals surface area contributed by atoms with Gasteiger partial charge >= 0.3 is 0 Å². The molecule has 1 heterocycles. The molecule has 4 heteroatoms. The molecule has 134 valence electrons. The van der Waals surface area contributed by atoms with Crippen LogP contribution in [0, 0.1) is 29.1 Å². The van der Waals surface area contributed by atoms with Crippen molar-refractivity contribution in [1.29, 1.82) is 5.26 Å². The molecule has 23 heavy (non-hydrogen) atoms. The number of nitriles is 1. The third kappa shape index (κ3) is 6.95. The summed E-state index contributed by atoms with van der Waals surface area (Å²) >= 11 is 0. The Kier molecular flexibility index (Phi) is 8.82. The third-order valence-corrected chi connectivity index (χ3v) is 11.3. The van der Waals surface area contributed by atoms with Crippen LogP contribution >= 0.6 is 0 Å². The fraction of sp³-hybridized carbons (Fsp3) is 0.947. The van der Waals surface area contributed by atoms with Crippen LogP contribution in [0.5, 0.6) is 0 Å². The van der Waals surface area contributed by atoms with E-state index in [2.05, 4.69) is 57.1 Å². The van der Waals surface area contributed by atoms with Crippen molar-refractivity contribution in [2.45, 2.75) is 72.5 Å². The van der Waals surface area contributed by atoms with Crippen LogP contribution in [-0.4, -0.2) is 44.0 Å². The molecule has 3 nitrogen and oxygen atoms in total. The average Bonchev–Trinajstić information content (AvgIpc) is 2.43. The van der Waals surface area contributed by atoms with Crippen molar-refractivity contribution in [2.24, 2.45) is 17.8 Å². The summed E-state index contributed by atoms with van der Waals surface area (Å²) in [5, 5.41) is 8.90. The Morgan fingerprint density at radius 1 is 0.913 bits per heavy atom. The van der Waals surface area contributed by atoms with Crippen LogP contribution in [0.1, 0.15) is 54.4 Å². The number of nitrogens with zero attached hydrogens (tertiary/aromatic N) is 3. The zero-order valence-electron chi connectivity index (χ0n) is 16.4. The van der Waals surface area contributed by atoms with E-state index in [1.807, 2.05) is 0 Å². The van der Waals surface area contributed by atoms with Crippen LogP contribution in [-0.2, 0) is 0 Å². The molecule has 0 aromatic rings. The van der Waals surface area contributed by atoms with Crippen LogP contribution in [0.4, 0.5) is 0 Å². The van der Waals surface area contributed by atoms with E-state index in [0.717, 1.165) is 31.0 Å². The first-order valence-corrected chi connectivity index (χ1v) is 12.2. The molecule has 0 N–H and O–H groups in total. The van der Waals surface area contributed by atoms with Crippen LogP contribution < -0.4 is 0 Å². The molecule has 0 unspecified atom stereocenters. The SMILES string of the molecule is CC(C)C[Si](CC(C)C)(CC(C)C)N1CCCN(CCC#N)C1. The lowest BCUT2D eigenvalue weighted by molar-refractivity contribution is 0.139. The van der Waals surface area contributed by atoms with Gasteiger partial charge in [-0.1, -0.05) is 41.5 Å². The summed E-state index contributed by atoms with van der Waals surface area (Å²) in [6.07, 6.45) is 1.94. The Morgan fingerprint density at radius 2 is 1.43 bits per heavy atom. The molecule has 1 rings (SSSR count). The van der Waals surface area contributed by atoms with E-state index in [-0.39, 0.29) is 0 Å². The summed E-state index contributed by atoms with van der Waals surface area (Å²) in [7, 11) is -1.46. The van der Waals surface area contributed by atoms with Crippen molar-refractivity contribution < 1.29 is 0 Å². The highest BCUT2D eigenvalue weighted by molar-refractivity contribution is 6.77. The normalized spacial score (nSPS) is 18.1. The highest BCUT2D eigenvalue weighted by atomic mass is 28.3. The van der Waals surface area contributed by atoms with Crippen LogP contribution in [0.25, 0.3) is 0 Å². The Morgan fingerprint density at radius 3 is 1.87 bits per heavy atom. The molecule has 1 saturated heterocycles. The second kappa shape index (κ2) is 9.81. The fourth-order valence-electron chi connectivity index (χ4n) is 4.56. The van der Waals surface area contributed by atoms with E-state index in [1.165, 1.54) is 37.6 Å². The summed E-state index contributed by atoms with van der Waals surface area (Å²) < 4.78 is 2.91. The molecule has 0 spiro atoms. The van der Waals surface area contributed by atoms with Gasteiger partial charge in [0.25, 0.3) is 0 Å². The average molecular weight is 338 g/mol. The van der Waals surface area contributed by atoms with E-state index in [0.29, 0.717) is 6.42 Å². The first kappa shape index (κ1) is 20.7. The Balaban J connectivity index is 2.96. The van der Waals surface area contributed by atoms with Crippen LogP contribution in [0.15, 0.2) is 0 Å². The van der Waals surface area contributed by atoms with Gasteiger partial charge in [0.2, 0.25) is 0 Å². The van der Waals surface area contributed by atoms with Crippen molar-refractivity contribution in [3.8, 4) is 6.07 Å². The lowest BCUT2D eigenvalue weighted by atomic mass is 10.2. The minimum Gasteiger partial charge on any atom is -0.311 e. The van der Waals surface area contributed by atoms with Crippen molar-refractivity contribution in [1.82, 2.24) is 9.47 Å². The standard InChI is InChI=1S/C19H39N3Si/c1-17(2)13-23(14-18(3)4,15-19(5)6)22-12-8-11-21(16-22)10-7-9-20/h17-19H,7-8,10-16H2,1-6H3. The Hall–Kier alpha value is -0.373. The molecule has 0 bridgehead atoms. The smallest absolute Gasteiger partial charge is 0.130 e.